The van der Waals surface area contributed by atoms with Gasteiger partial charge in [0.25, 0.3) is 5.91 Å². The number of nitrogens with one attached hydrogen (secondary N) is 3. The molecule has 3 N–H and O–H groups in total. The zero-order chi connectivity index (χ0) is 13.9. The Balaban J connectivity index is 1.75. The van der Waals surface area contributed by atoms with E-state index in [2.05, 4.69) is 41.1 Å². The SMILES string of the molecule is Cc1nc(NC(=O)c2ccc(-c3nn[nH]n3)cc2)n[nH]1. The quantitative estimate of drug-likeness (QED) is 0.638. The van der Waals surface area contributed by atoms with E-state index in [1.807, 2.05) is 0 Å². The van der Waals surface area contributed by atoms with Crippen LogP contribution in [0.25, 0.3) is 11.4 Å². The fourth-order valence-corrected chi connectivity index (χ4v) is 1.63. The predicted octanol–water partition coefficient (Wildman–Crippen LogP) is 0.546. The lowest BCUT2D eigenvalue weighted by Crippen LogP contribution is -2.12. The Morgan fingerprint density at radius 3 is 2.60 bits per heavy atom. The third-order valence-corrected chi connectivity index (χ3v) is 2.57. The summed E-state index contributed by atoms with van der Waals surface area (Å²) >= 11 is 0. The van der Waals surface area contributed by atoms with Crippen molar-refractivity contribution in [3.63, 3.8) is 0 Å². The van der Waals surface area contributed by atoms with Gasteiger partial charge in [-0.2, -0.15) is 10.2 Å². The highest BCUT2D eigenvalue weighted by molar-refractivity contribution is 6.03. The third-order valence-electron chi connectivity index (χ3n) is 2.57. The van der Waals surface area contributed by atoms with Gasteiger partial charge in [0.15, 0.2) is 0 Å². The van der Waals surface area contributed by atoms with Crippen LogP contribution < -0.4 is 5.32 Å². The average Bonchev–Trinajstić information content (AvgIpc) is 3.11. The number of aryl methyl sites for hydroxylation is 1. The van der Waals surface area contributed by atoms with Crippen LogP contribution in [0.15, 0.2) is 24.3 Å². The molecule has 9 heteroatoms. The maximum absolute atomic E-state index is 12.0. The number of hydrogen-bond donors (Lipinski definition) is 3. The summed E-state index contributed by atoms with van der Waals surface area (Å²) in [6.07, 6.45) is 0. The number of benzene rings is 1. The molecule has 0 aliphatic rings. The summed E-state index contributed by atoms with van der Waals surface area (Å²) in [5, 5.41) is 22.6. The van der Waals surface area contributed by atoms with E-state index in [-0.39, 0.29) is 11.9 Å². The summed E-state index contributed by atoms with van der Waals surface area (Å²) in [4.78, 5) is 16.0. The van der Waals surface area contributed by atoms with Crippen molar-refractivity contribution in [3.8, 4) is 11.4 Å². The molecule has 0 saturated heterocycles. The standard InChI is InChI=1S/C11H10N8O/c1-6-12-11(17-14-6)13-10(20)8-4-2-7(3-5-8)9-15-18-19-16-9/h2-5H,1H3,(H,15,16,18,19)(H2,12,13,14,17,20). The molecule has 1 amide bonds. The average molecular weight is 270 g/mol. The molecule has 0 bridgehead atoms. The normalized spacial score (nSPS) is 10.4. The van der Waals surface area contributed by atoms with Crippen molar-refractivity contribution in [3.05, 3.63) is 35.7 Å². The van der Waals surface area contributed by atoms with Gasteiger partial charge in [0.05, 0.1) is 0 Å². The Kier molecular flexibility index (Phi) is 2.92. The summed E-state index contributed by atoms with van der Waals surface area (Å²) in [5.74, 6) is 1.06. The van der Waals surface area contributed by atoms with Gasteiger partial charge in [-0.15, -0.1) is 15.3 Å². The first-order chi connectivity index (χ1) is 9.72. The largest absolute Gasteiger partial charge is 0.289 e. The summed E-state index contributed by atoms with van der Waals surface area (Å²) in [7, 11) is 0. The number of aromatic nitrogens is 7. The molecule has 20 heavy (non-hydrogen) atoms. The van der Waals surface area contributed by atoms with Crippen LogP contribution in [0.5, 0.6) is 0 Å². The molecule has 0 fully saturated rings. The number of carbonyl (C=O) groups excluding carboxylic acids is 1. The van der Waals surface area contributed by atoms with Crippen LogP contribution in [0.3, 0.4) is 0 Å². The number of H-pyrrole nitrogens is 2. The van der Waals surface area contributed by atoms with Crippen molar-refractivity contribution >= 4 is 11.9 Å². The van der Waals surface area contributed by atoms with Crippen LogP contribution in [-0.4, -0.2) is 41.7 Å². The fraction of sp³-hybridized carbons (Fsp3) is 0.0909. The zero-order valence-corrected chi connectivity index (χ0v) is 10.5. The van der Waals surface area contributed by atoms with Gasteiger partial charge in [-0.1, -0.05) is 12.1 Å². The van der Waals surface area contributed by atoms with E-state index < -0.39 is 0 Å². The van der Waals surface area contributed by atoms with Crippen molar-refractivity contribution < 1.29 is 4.79 Å². The number of anilines is 1. The molecule has 3 aromatic rings. The Labute approximate surface area is 112 Å². The van der Waals surface area contributed by atoms with Gasteiger partial charge in [0, 0.05) is 11.1 Å². The predicted molar refractivity (Wildman–Crippen MR) is 68.7 cm³/mol. The van der Waals surface area contributed by atoms with Crippen molar-refractivity contribution in [2.45, 2.75) is 6.92 Å². The number of tetrazole rings is 1. The van der Waals surface area contributed by atoms with E-state index in [1.54, 1.807) is 31.2 Å². The van der Waals surface area contributed by atoms with Gasteiger partial charge in [-0.25, -0.2) is 0 Å². The summed E-state index contributed by atoms with van der Waals surface area (Å²) in [5.41, 5.74) is 1.25. The topological polar surface area (TPSA) is 125 Å². The van der Waals surface area contributed by atoms with Crippen molar-refractivity contribution in [1.29, 1.82) is 0 Å². The number of hydrogen-bond acceptors (Lipinski definition) is 6. The lowest BCUT2D eigenvalue weighted by molar-refractivity contribution is 0.102. The number of aromatic amines is 2. The monoisotopic (exact) mass is 270 g/mol. The van der Waals surface area contributed by atoms with E-state index >= 15 is 0 Å². The molecule has 9 nitrogen and oxygen atoms in total. The zero-order valence-electron chi connectivity index (χ0n) is 10.5. The van der Waals surface area contributed by atoms with Crippen LogP contribution in [-0.2, 0) is 0 Å². The second-order valence-electron chi connectivity index (χ2n) is 4.01. The molecule has 0 saturated carbocycles. The van der Waals surface area contributed by atoms with Crippen molar-refractivity contribution in [2.24, 2.45) is 0 Å². The maximum Gasteiger partial charge on any atom is 0.258 e. The number of carbonyl (C=O) groups is 1. The van der Waals surface area contributed by atoms with Crippen LogP contribution in [0, 0.1) is 6.92 Å². The fourth-order valence-electron chi connectivity index (χ4n) is 1.63. The Morgan fingerprint density at radius 1 is 1.20 bits per heavy atom. The molecule has 2 heterocycles. The van der Waals surface area contributed by atoms with Gasteiger partial charge in [-0.05, 0) is 24.3 Å². The molecule has 0 radical (unpaired) electrons. The molecule has 0 aliphatic carbocycles. The summed E-state index contributed by atoms with van der Waals surface area (Å²) < 4.78 is 0. The molecule has 0 atom stereocenters. The van der Waals surface area contributed by atoms with Crippen LogP contribution in [0.2, 0.25) is 0 Å². The van der Waals surface area contributed by atoms with Crippen LogP contribution >= 0.6 is 0 Å². The Bertz CT molecular complexity index is 715. The van der Waals surface area contributed by atoms with E-state index in [0.717, 1.165) is 5.56 Å². The second-order valence-corrected chi connectivity index (χ2v) is 4.01. The lowest BCUT2D eigenvalue weighted by atomic mass is 10.1. The maximum atomic E-state index is 12.0. The minimum absolute atomic E-state index is 0.245. The van der Waals surface area contributed by atoms with E-state index in [0.29, 0.717) is 17.2 Å². The summed E-state index contributed by atoms with van der Waals surface area (Å²) in [6.45, 7) is 1.75. The van der Waals surface area contributed by atoms with Gasteiger partial charge < -0.3 is 0 Å². The van der Waals surface area contributed by atoms with E-state index in [9.17, 15) is 4.79 Å². The van der Waals surface area contributed by atoms with Crippen molar-refractivity contribution in [1.82, 2.24) is 35.8 Å². The first-order valence-corrected chi connectivity index (χ1v) is 5.76. The second kappa shape index (κ2) is 4.88. The first-order valence-electron chi connectivity index (χ1n) is 5.76. The van der Waals surface area contributed by atoms with Gasteiger partial charge in [0.1, 0.15) is 5.82 Å². The minimum atomic E-state index is -0.288. The van der Waals surface area contributed by atoms with Gasteiger partial charge in [-0.3, -0.25) is 15.2 Å². The van der Waals surface area contributed by atoms with Crippen LogP contribution in [0.4, 0.5) is 5.95 Å². The van der Waals surface area contributed by atoms with Gasteiger partial charge >= 0.3 is 0 Å². The molecule has 3 rings (SSSR count). The molecule has 0 aliphatic heterocycles. The highest BCUT2D eigenvalue weighted by Gasteiger charge is 2.10. The van der Waals surface area contributed by atoms with Gasteiger partial charge in [0.2, 0.25) is 11.8 Å². The lowest BCUT2D eigenvalue weighted by Gasteiger charge is -2.01. The molecular formula is C11H10N8O. The molecule has 2 aromatic heterocycles. The highest BCUT2D eigenvalue weighted by atomic mass is 16.1. The molecule has 0 unspecified atom stereocenters. The first kappa shape index (κ1) is 12.0. The number of amides is 1. The Morgan fingerprint density at radius 2 is 2.00 bits per heavy atom. The molecule has 100 valence electrons. The molecule has 1 aromatic carbocycles. The number of rotatable bonds is 3. The molecule has 0 spiro atoms. The van der Waals surface area contributed by atoms with Crippen molar-refractivity contribution in [2.75, 3.05) is 5.32 Å². The Hall–Kier alpha value is -3.10. The minimum Gasteiger partial charge on any atom is -0.289 e. The summed E-state index contributed by atoms with van der Waals surface area (Å²) in [6, 6.07) is 6.81. The third kappa shape index (κ3) is 2.36. The number of nitrogens with zero attached hydrogens (tertiary/aromatic N) is 5. The van der Waals surface area contributed by atoms with Crippen LogP contribution in [0.1, 0.15) is 16.2 Å². The molecular weight excluding hydrogens is 260 g/mol. The smallest absolute Gasteiger partial charge is 0.258 e. The van der Waals surface area contributed by atoms with E-state index in [4.69, 9.17) is 0 Å². The highest BCUT2D eigenvalue weighted by Crippen LogP contribution is 2.14. The van der Waals surface area contributed by atoms with E-state index in [1.165, 1.54) is 0 Å².